The van der Waals surface area contributed by atoms with E-state index in [9.17, 15) is 4.79 Å². The van der Waals surface area contributed by atoms with Crippen LogP contribution in [0.5, 0.6) is 0 Å². The summed E-state index contributed by atoms with van der Waals surface area (Å²) < 4.78 is 0. The van der Waals surface area contributed by atoms with Gasteiger partial charge in [0, 0.05) is 19.2 Å². The molecule has 1 aliphatic rings. The standard InChI is InChI=1S/C6H9NO/c1-5-3-4-6(8)7(5)2/h1,3-4H2,2H3. The molecule has 1 rings (SSSR count). The average molecular weight is 111 g/mol. The molecule has 0 radical (unpaired) electrons. The monoisotopic (exact) mass is 111 g/mol. The lowest BCUT2D eigenvalue weighted by molar-refractivity contribution is -0.125. The van der Waals surface area contributed by atoms with Gasteiger partial charge >= 0.3 is 0 Å². The summed E-state index contributed by atoms with van der Waals surface area (Å²) in [5.41, 5.74) is 0.940. The van der Waals surface area contributed by atoms with Crippen LogP contribution in [0.25, 0.3) is 0 Å². The molecule has 0 spiro atoms. The molecule has 0 aromatic rings. The van der Waals surface area contributed by atoms with E-state index in [1.54, 1.807) is 11.9 Å². The molecule has 0 saturated carbocycles. The molecule has 2 heteroatoms. The number of carbonyl (C=O) groups excluding carboxylic acids is 1. The van der Waals surface area contributed by atoms with Crippen molar-refractivity contribution in [2.75, 3.05) is 7.05 Å². The first-order chi connectivity index (χ1) is 3.72. The van der Waals surface area contributed by atoms with Crippen LogP contribution in [-0.2, 0) is 4.79 Å². The van der Waals surface area contributed by atoms with E-state index in [2.05, 4.69) is 6.58 Å². The number of likely N-dealkylation sites (tertiary alicyclic amines) is 1. The van der Waals surface area contributed by atoms with Crippen LogP contribution in [-0.4, -0.2) is 17.9 Å². The van der Waals surface area contributed by atoms with Gasteiger partial charge < -0.3 is 4.90 Å². The molecule has 2 nitrogen and oxygen atoms in total. The molecule has 0 unspecified atom stereocenters. The SMILES string of the molecule is C=C1CCC(=O)N1C. The molecule has 0 aliphatic carbocycles. The minimum absolute atomic E-state index is 0.190. The molecule has 0 N–H and O–H groups in total. The first-order valence-corrected chi connectivity index (χ1v) is 2.66. The number of rotatable bonds is 0. The van der Waals surface area contributed by atoms with Crippen molar-refractivity contribution < 1.29 is 4.79 Å². The molecule has 1 aliphatic heterocycles. The van der Waals surface area contributed by atoms with Gasteiger partial charge in [-0.2, -0.15) is 0 Å². The zero-order valence-electron chi connectivity index (χ0n) is 4.98. The number of allylic oxidation sites excluding steroid dienone is 1. The molecule has 0 bridgehead atoms. The summed E-state index contributed by atoms with van der Waals surface area (Å²) in [4.78, 5) is 12.3. The molecular formula is C6H9NO. The Hall–Kier alpha value is -0.790. The average Bonchev–Trinajstić information content (AvgIpc) is 1.98. The maximum atomic E-state index is 10.6. The second kappa shape index (κ2) is 1.62. The van der Waals surface area contributed by atoms with Crippen LogP contribution in [0, 0.1) is 0 Å². The molecule has 1 heterocycles. The van der Waals surface area contributed by atoms with Crippen molar-refractivity contribution in [1.29, 1.82) is 0 Å². The molecule has 0 aromatic carbocycles. The van der Waals surface area contributed by atoms with Crippen LogP contribution in [0.4, 0.5) is 0 Å². The normalized spacial score (nSPS) is 20.4. The van der Waals surface area contributed by atoms with Crippen molar-refractivity contribution in [2.45, 2.75) is 12.8 Å². The Balaban J connectivity index is 2.70. The van der Waals surface area contributed by atoms with Crippen LogP contribution in [0.1, 0.15) is 12.8 Å². The minimum Gasteiger partial charge on any atom is -0.320 e. The number of hydrogen-bond donors (Lipinski definition) is 0. The summed E-state index contributed by atoms with van der Waals surface area (Å²) in [5, 5.41) is 0. The maximum Gasteiger partial charge on any atom is 0.226 e. The van der Waals surface area contributed by atoms with Crippen LogP contribution in [0.2, 0.25) is 0 Å². The first kappa shape index (κ1) is 5.35. The highest BCUT2D eigenvalue weighted by Crippen LogP contribution is 2.16. The number of nitrogens with zero attached hydrogens (tertiary/aromatic N) is 1. The van der Waals surface area contributed by atoms with Gasteiger partial charge in [-0.25, -0.2) is 0 Å². The van der Waals surface area contributed by atoms with E-state index in [0.717, 1.165) is 12.1 Å². The van der Waals surface area contributed by atoms with Crippen LogP contribution >= 0.6 is 0 Å². The Morgan fingerprint density at radius 1 is 1.62 bits per heavy atom. The molecule has 44 valence electrons. The lowest BCUT2D eigenvalue weighted by Gasteiger charge is -2.06. The minimum atomic E-state index is 0.190. The fourth-order valence-corrected chi connectivity index (χ4v) is 0.763. The van der Waals surface area contributed by atoms with Crippen LogP contribution in [0.3, 0.4) is 0 Å². The molecule has 1 saturated heterocycles. The van der Waals surface area contributed by atoms with Crippen molar-refractivity contribution >= 4 is 5.91 Å². The summed E-state index contributed by atoms with van der Waals surface area (Å²) in [6, 6.07) is 0. The van der Waals surface area contributed by atoms with Gasteiger partial charge in [0.2, 0.25) is 5.91 Å². The van der Waals surface area contributed by atoms with Crippen molar-refractivity contribution in [3.05, 3.63) is 12.3 Å². The quantitative estimate of drug-likeness (QED) is 0.451. The smallest absolute Gasteiger partial charge is 0.226 e. The number of hydrogen-bond acceptors (Lipinski definition) is 1. The summed E-state index contributed by atoms with van der Waals surface area (Å²) in [6.07, 6.45) is 1.49. The second-order valence-electron chi connectivity index (χ2n) is 2.02. The number of amides is 1. The topological polar surface area (TPSA) is 20.3 Å². The van der Waals surface area contributed by atoms with Gasteiger partial charge in [-0.05, 0) is 6.42 Å². The Morgan fingerprint density at radius 2 is 2.25 bits per heavy atom. The van der Waals surface area contributed by atoms with Gasteiger partial charge in [0.15, 0.2) is 0 Å². The van der Waals surface area contributed by atoms with Crippen molar-refractivity contribution in [2.24, 2.45) is 0 Å². The molecule has 0 atom stereocenters. The zero-order valence-corrected chi connectivity index (χ0v) is 4.98. The fourth-order valence-electron chi connectivity index (χ4n) is 0.763. The maximum absolute atomic E-state index is 10.6. The predicted molar refractivity (Wildman–Crippen MR) is 31.1 cm³/mol. The van der Waals surface area contributed by atoms with Crippen LogP contribution < -0.4 is 0 Å². The van der Waals surface area contributed by atoms with Crippen LogP contribution in [0.15, 0.2) is 12.3 Å². The molecule has 8 heavy (non-hydrogen) atoms. The van der Waals surface area contributed by atoms with Gasteiger partial charge in [-0.3, -0.25) is 4.79 Å². The first-order valence-electron chi connectivity index (χ1n) is 2.66. The number of carbonyl (C=O) groups is 1. The molecule has 0 aromatic heterocycles. The van der Waals surface area contributed by atoms with E-state index in [4.69, 9.17) is 0 Å². The van der Waals surface area contributed by atoms with E-state index in [-0.39, 0.29) is 5.91 Å². The Bertz CT molecular complexity index is 123. The molecular weight excluding hydrogens is 102 g/mol. The lowest BCUT2D eigenvalue weighted by atomic mass is 10.3. The van der Waals surface area contributed by atoms with Crippen molar-refractivity contribution in [3.63, 3.8) is 0 Å². The van der Waals surface area contributed by atoms with E-state index < -0.39 is 0 Å². The Labute approximate surface area is 48.8 Å². The van der Waals surface area contributed by atoms with Gasteiger partial charge in [0.1, 0.15) is 0 Å². The summed E-state index contributed by atoms with van der Waals surface area (Å²) in [7, 11) is 1.76. The third kappa shape index (κ3) is 0.619. The van der Waals surface area contributed by atoms with Crippen molar-refractivity contribution in [1.82, 2.24) is 4.90 Å². The van der Waals surface area contributed by atoms with E-state index >= 15 is 0 Å². The summed E-state index contributed by atoms with van der Waals surface area (Å²) >= 11 is 0. The van der Waals surface area contributed by atoms with Gasteiger partial charge in [0.25, 0.3) is 0 Å². The summed E-state index contributed by atoms with van der Waals surface area (Å²) in [5.74, 6) is 0.190. The Kier molecular flexibility index (Phi) is 1.08. The van der Waals surface area contributed by atoms with Gasteiger partial charge in [-0.1, -0.05) is 6.58 Å². The molecule has 1 fully saturated rings. The highest BCUT2D eigenvalue weighted by atomic mass is 16.2. The largest absolute Gasteiger partial charge is 0.320 e. The van der Waals surface area contributed by atoms with Gasteiger partial charge in [0.05, 0.1) is 0 Å². The van der Waals surface area contributed by atoms with E-state index in [0.29, 0.717) is 6.42 Å². The second-order valence-corrected chi connectivity index (χ2v) is 2.02. The van der Waals surface area contributed by atoms with Gasteiger partial charge in [-0.15, -0.1) is 0 Å². The van der Waals surface area contributed by atoms with E-state index in [1.165, 1.54) is 0 Å². The summed E-state index contributed by atoms with van der Waals surface area (Å²) in [6.45, 7) is 3.69. The lowest BCUT2D eigenvalue weighted by Crippen LogP contribution is -2.16. The van der Waals surface area contributed by atoms with Crippen molar-refractivity contribution in [3.8, 4) is 0 Å². The Morgan fingerprint density at radius 3 is 2.38 bits per heavy atom. The predicted octanol–water partition coefficient (Wildman–Crippen LogP) is 0.752. The molecule has 1 amide bonds. The zero-order chi connectivity index (χ0) is 6.15. The third-order valence-electron chi connectivity index (χ3n) is 1.48. The highest BCUT2D eigenvalue weighted by molar-refractivity contribution is 5.80. The third-order valence-corrected chi connectivity index (χ3v) is 1.48. The fraction of sp³-hybridized carbons (Fsp3) is 0.500. The van der Waals surface area contributed by atoms with E-state index in [1.807, 2.05) is 0 Å². The highest BCUT2D eigenvalue weighted by Gasteiger charge is 2.18.